The van der Waals surface area contributed by atoms with Crippen LogP contribution in [0.2, 0.25) is 0 Å². The minimum atomic E-state index is -1.08. The second kappa shape index (κ2) is 7.35. The van der Waals surface area contributed by atoms with Crippen molar-refractivity contribution in [3.8, 4) is 0 Å². The van der Waals surface area contributed by atoms with Crippen LogP contribution < -0.4 is 15.5 Å². The average molecular weight is 407 g/mol. The van der Waals surface area contributed by atoms with Crippen LogP contribution in [0.15, 0.2) is 52.0 Å². The molecule has 0 spiro atoms. The first kappa shape index (κ1) is 17.0. The zero-order valence-corrected chi connectivity index (χ0v) is 15.2. The van der Waals surface area contributed by atoms with Gasteiger partial charge in [-0.25, -0.2) is 0 Å². The van der Waals surface area contributed by atoms with Crippen LogP contribution >= 0.6 is 15.9 Å². The van der Waals surface area contributed by atoms with E-state index >= 15 is 0 Å². The molecule has 124 valence electrons. The highest BCUT2D eigenvalue weighted by atomic mass is 79.9. The van der Waals surface area contributed by atoms with Gasteiger partial charge in [0.05, 0.1) is 11.4 Å². The van der Waals surface area contributed by atoms with Crippen molar-refractivity contribution in [1.82, 2.24) is 4.72 Å². The summed E-state index contributed by atoms with van der Waals surface area (Å²) in [7, 11) is 1.66. The maximum absolute atomic E-state index is 12.0. The lowest BCUT2D eigenvalue weighted by Gasteiger charge is -2.08. The topological polar surface area (TPSA) is 88.6 Å². The van der Waals surface area contributed by atoms with E-state index in [1.807, 2.05) is 42.5 Å². The van der Waals surface area contributed by atoms with Gasteiger partial charge in [-0.05, 0) is 30.3 Å². The van der Waals surface area contributed by atoms with Crippen molar-refractivity contribution in [2.75, 3.05) is 17.8 Å². The Bertz CT molecular complexity index is 795. The van der Waals surface area contributed by atoms with Crippen LogP contribution in [0, 0.1) is 0 Å². The molecule has 1 amide bonds. The van der Waals surface area contributed by atoms with Gasteiger partial charge in [0, 0.05) is 34.0 Å². The number of hydrogen-bond acceptors (Lipinski definition) is 5. The smallest absolute Gasteiger partial charge is 0.276 e. The number of hydrazone groups is 1. The van der Waals surface area contributed by atoms with E-state index in [1.165, 1.54) is 0 Å². The molecule has 3 N–H and O–H groups in total. The van der Waals surface area contributed by atoms with Gasteiger partial charge in [0.2, 0.25) is 0 Å². The molecule has 1 aliphatic heterocycles. The van der Waals surface area contributed by atoms with Crippen molar-refractivity contribution in [3.63, 3.8) is 0 Å². The molecule has 0 radical (unpaired) electrons. The van der Waals surface area contributed by atoms with E-state index in [9.17, 15) is 9.35 Å². The molecule has 0 aliphatic carbocycles. The summed E-state index contributed by atoms with van der Waals surface area (Å²) in [6.07, 6.45) is 0. The lowest BCUT2D eigenvalue weighted by atomic mass is 10.1. The monoisotopic (exact) mass is 406 g/mol. The SMILES string of the molecule is CN[S+]([O-])Cc1ccc(N/N=C2\C(=O)Nc3ccc(Br)cc32)cc1. The van der Waals surface area contributed by atoms with Crippen LogP contribution in [0.3, 0.4) is 0 Å². The first-order valence-electron chi connectivity index (χ1n) is 7.16. The maximum atomic E-state index is 12.0. The number of benzene rings is 2. The van der Waals surface area contributed by atoms with Crippen molar-refractivity contribution >= 4 is 50.3 Å². The number of carbonyl (C=O) groups is 1. The number of nitrogens with one attached hydrogen (secondary N) is 3. The average Bonchev–Trinajstić information content (AvgIpc) is 2.89. The zero-order chi connectivity index (χ0) is 17.1. The van der Waals surface area contributed by atoms with Gasteiger partial charge in [0.15, 0.2) is 11.5 Å². The van der Waals surface area contributed by atoms with Crippen molar-refractivity contribution in [2.45, 2.75) is 5.75 Å². The number of halogens is 1. The Morgan fingerprint density at radius 3 is 2.71 bits per heavy atom. The molecule has 1 heterocycles. The third-order valence-corrected chi connectivity index (χ3v) is 5.02. The normalized spacial score (nSPS) is 16.0. The molecule has 1 atom stereocenters. The van der Waals surface area contributed by atoms with Gasteiger partial charge < -0.3 is 9.87 Å². The number of rotatable bonds is 5. The summed E-state index contributed by atoms with van der Waals surface area (Å²) in [4.78, 5) is 12.0. The first-order chi connectivity index (χ1) is 11.6. The first-order valence-corrected chi connectivity index (χ1v) is 9.27. The van der Waals surface area contributed by atoms with E-state index in [2.05, 4.69) is 36.5 Å². The van der Waals surface area contributed by atoms with Crippen molar-refractivity contribution in [3.05, 3.63) is 58.1 Å². The fourth-order valence-corrected chi connectivity index (χ4v) is 3.26. The molecule has 8 heteroatoms. The second-order valence-electron chi connectivity index (χ2n) is 5.11. The zero-order valence-electron chi connectivity index (χ0n) is 12.8. The molecule has 0 fully saturated rings. The molecule has 1 unspecified atom stereocenters. The highest BCUT2D eigenvalue weighted by molar-refractivity contribution is 9.10. The van der Waals surface area contributed by atoms with Crippen LogP contribution in [0.25, 0.3) is 0 Å². The maximum Gasteiger partial charge on any atom is 0.276 e. The Labute approximate surface area is 151 Å². The Hall–Kier alpha value is -1.87. The summed E-state index contributed by atoms with van der Waals surface area (Å²) in [5.41, 5.74) is 6.43. The Morgan fingerprint density at radius 1 is 1.25 bits per heavy atom. The minimum absolute atomic E-state index is 0.239. The van der Waals surface area contributed by atoms with E-state index < -0.39 is 11.4 Å². The van der Waals surface area contributed by atoms with Gasteiger partial charge in [0.1, 0.15) is 0 Å². The third kappa shape index (κ3) is 3.78. The highest BCUT2D eigenvalue weighted by Crippen LogP contribution is 2.27. The molecule has 0 bridgehead atoms. The molecular formula is C16H15BrN4O2S. The van der Waals surface area contributed by atoms with Gasteiger partial charge in [-0.15, -0.1) is 4.72 Å². The Balaban J connectivity index is 1.74. The van der Waals surface area contributed by atoms with Gasteiger partial charge in [0.25, 0.3) is 5.91 Å². The lowest BCUT2D eigenvalue weighted by Crippen LogP contribution is -2.20. The molecule has 0 aromatic heterocycles. The predicted octanol–water partition coefficient (Wildman–Crippen LogP) is 2.60. The molecule has 0 saturated carbocycles. The summed E-state index contributed by atoms with van der Waals surface area (Å²) >= 11 is 2.32. The molecular weight excluding hydrogens is 392 g/mol. The van der Waals surface area contributed by atoms with Gasteiger partial charge in [-0.3, -0.25) is 10.2 Å². The van der Waals surface area contributed by atoms with E-state index in [1.54, 1.807) is 7.05 Å². The van der Waals surface area contributed by atoms with E-state index in [4.69, 9.17) is 0 Å². The summed E-state index contributed by atoms with van der Waals surface area (Å²) in [6, 6.07) is 13.0. The van der Waals surface area contributed by atoms with Crippen LogP contribution in [0.1, 0.15) is 11.1 Å². The van der Waals surface area contributed by atoms with Crippen molar-refractivity contribution in [1.29, 1.82) is 0 Å². The number of hydrogen-bond donors (Lipinski definition) is 3. The number of anilines is 2. The predicted molar refractivity (Wildman–Crippen MR) is 100 cm³/mol. The van der Waals surface area contributed by atoms with Crippen LogP contribution in [-0.4, -0.2) is 23.2 Å². The van der Waals surface area contributed by atoms with Crippen molar-refractivity contribution in [2.24, 2.45) is 5.10 Å². The van der Waals surface area contributed by atoms with Crippen molar-refractivity contribution < 1.29 is 9.35 Å². The quantitative estimate of drug-likeness (QED) is 0.525. The summed E-state index contributed by atoms with van der Waals surface area (Å²) < 4.78 is 15.0. The molecule has 2 aromatic carbocycles. The second-order valence-corrected chi connectivity index (χ2v) is 7.41. The van der Waals surface area contributed by atoms with Crippen LogP contribution in [0.5, 0.6) is 0 Å². The van der Waals surface area contributed by atoms with Crippen LogP contribution in [0.4, 0.5) is 11.4 Å². The van der Waals surface area contributed by atoms with Gasteiger partial charge >= 0.3 is 0 Å². The Kier molecular flexibility index (Phi) is 5.20. The number of fused-ring (bicyclic) bond motifs is 1. The Morgan fingerprint density at radius 2 is 2.00 bits per heavy atom. The van der Waals surface area contributed by atoms with Gasteiger partial charge in [-0.1, -0.05) is 28.1 Å². The molecule has 1 aliphatic rings. The minimum Gasteiger partial charge on any atom is -0.598 e. The molecule has 3 rings (SSSR count). The summed E-state index contributed by atoms with van der Waals surface area (Å²) in [6.45, 7) is 0. The summed E-state index contributed by atoms with van der Waals surface area (Å²) in [5, 5.41) is 7.00. The third-order valence-electron chi connectivity index (χ3n) is 3.48. The largest absolute Gasteiger partial charge is 0.598 e. The molecule has 2 aromatic rings. The highest BCUT2D eigenvalue weighted by Gasteiger charge is 2.26. The standard InChI is InChI=1S/C16H15BrN4O2S/c1-18-24(23)9-10-2-5-12(6-3-10)20-21-15-13-8-11(17)4-7-14(13)19-16(15)22/h2-8,18,20H,9H2,1H3,(H,19,21,22). The van der Waals surface area contributed by atoms with E-state index in [0.717, 1.165) is 27.0 Å². The van der Waals surface area contributed by atoms with E-state index in [0.29, 0.717) is 11.5 Å². The van der Waals surface area contributed by atoms with E-state index in [-0.39, 0.29) is 5.91 Å². The lowest BCUT2D eigenvalue weighted by molar-refractivity contribution is -0.110. The number of carbonyl (C=O) groups excluding carboxylic acids is 1. The molecule has 24 heavy (non-hydrogen) atoms. The number of nitrogens with zero attached hydrogens (tertiary/aromatic N) is 1. The molecule has 6 nitrogen and oxygen atoms in total. The number of amides is 1. The van der Waals surface area contributed by atoms with Gasteiger partial charge in [-0.2, -0.15) is 5.10 Å². The summed E-state index contributed by atoms with van der Waals surface area (Å²) in [5.74, 6) is 0.200. The van der Waals surface area contributed by atoms with Crippen LogP contribution in [-0.2, 0) is 21.9 Å². The molecule has 0 saturated heterocycles. The fourth-order valence-electron chi connectivity index (χ4n) is 2.26. The fraction of sp³-hybridized carbons (Fsp3) is 0.125.